The minimum absolute atomic E-state index is 0.0779. The molecule has 1 amide bonds. The molecule has 0 spiro atoms. The van der Waals surface area contributed by atoms with Gasteiger partial charge in [0.2, 0.25) is 5.91 Å². The van der Waals surface area contributed by atoms with Crippen LogP contribution in [-0.4, -0.2) is 21.2 Å². The molecule has 1 N–H and O–H groups in total. The number of benzene rings is 3. The summed E-state index contributed by atoms with van der Waals surface area (Å²) in [4.78, 5) is 30.2. The van der Waals surface area contributed by atoms with Crippen LogP contribution < -0.4 is 10.9 Å². The minimum atomic E-state index is -0.325. The number of hydrogen-bond donors (Lipinski definition) is 1. The quantitative estimate of drug-likeness (QED) is 0.317. The predicted octanol–water partition coefficient (Wildman–Crippen LogP) is 4.65. The number of thioether (sulfide) groups is 1. The van der Waals surface area contributed by atoms with E-state index in [1.807, 2.05) is 30.3 Å². The summed E-state index contributed by atoms with van der Waals surface area (Å²) in [7, 11) is 0. The predicted molar refractivity (Wildman–Crippen MR) is 126 cm³/mol. The van der Waals surface area contributed by atoms with Gasteiger partial charge >= 0.3 is 0 Å². The van der Waals surface area contributed by atoms with Gasteiger partial charge in [0, 0.05) is 11.6 Å². The first-order valence-electron chi connectivity index (χ1n) is 9.87. The van der Waals surface area contributed by atoms with E-state index >= 15 is 0 Å². The summed E-state index contributed by atoms with van der Waals surface area (Å²) in [6.45, 7) is 0.627. The van der Waals surface area contributed by atoms with Crippen molar-refractivity contribution in [2.75, 3.05) is 5.75 Å². The van der Waals surface area contributed by atoms with E-state index < -0.39 is 0 Å². The van der Waals surface area contributed by atoms with Crippen LogP contribution in [-0.2, 0) is 17.9 Å². The fourth-order valence-corrected chi connectivity index (χ4v) is 4.17. The van der Waals surface area contributed by atoms with Crippen LogP contribution in [0.4, 0.5) is 4.39 Å². The van der Waals surface area contributed by atoms with Crippen LogP contribution in [0.3, 0.4) is 0 Å². The SMILES string of the molecule is O=C(CSc1nc2cc(Cl)ccc2c(=O)n1Cc1ccccc1)NCc1ccc(F)cc1. The van der Waals surface area contributed by atoms with E-state index in [4.69, 9.17) is 11.6 Å². The molecule has 3 aromatic carbocycles. The standard InChI is InChI=1S/C24H19ClFN3O2S/c25-18-8-11-20-21(12-18)28-24(29(23(20)31)14-17-4-2-1-3-5-17)32-15-22(30)27-13-16-6-9-19(26)10-7-16/h1-12H,13-15H2,(H,27,30). The number of rotatable bonds is 7. The van der Waals surface area contributed by atoms with Crippen LogP contribution >= 0.6 is 23.4 Å². The molecule has 162 valence electrons. The normalized spacial score (nSPS) is 10.9. The Labute approximate surface area is 193 Å². The topological polar surface area (TPSA) is 64.0 Å². The first-order chi connectivity index (χ1) is 15.5. The fraction of sp³-hybridized carbons (Fsp3) is 0.125. The highest BCUT2D eigenvalue weighted by Gasteiger charge is 2.14. The van der Waals surface area contributed by atoms with E-state index in [9.17, 15) is 14.0 Å². The fourth-order valence-electron chi connectivity index (χ4n) is 3.17. The van der Waals surface area contributed by atoms with Gasteiger partial charge < -0.3 is 5.32 Å². The second-order valence-corrected chi connectivity index (χ2v) is 8.50. The smallest absolute Gasteiger partial charge is 0.262 e. The van der Waals surface area contributed by atoms with Crippen LogP contribution in [0.25, 0.3) is 10.9 Å². The molecule has 8 heteroatoms. The van der Waals surface area contributed by atoms with Gasteiger partial charge in [-0.15, -0.1) is 0 Å². The van der Waals surface area contributed by atoms with Gasteiger partial charge in [-0.05, 0) is 41.5 Å². The summed E-state index contributed by atoms with van der Waals surface area (Å²) in [5.74, 6) is -0.463. The molecule has 0 aliphatic rings. The molecule has 1 aromatic heterocycles. The Morgan fingerprint density at radius 1 is 1.03 bits per heavy atom. The molecule has 0 saturated heterocycles. The third-order valence-corrected chi connectivity index (χ3v) is 6.01. The number of carbonyl (C=O) groups is 1. The maximum Gasteiger partial charge on any atom is 0.262 e. The van der Waals surface area contributed by atoms with E-state index in [-0.39, 0.29) is 29.6 Å². The lowest BCUT2D eigenvalue weighted by Crippen LogP contribution is -2.27. The van der Waals surface area contributed by atoms with Gasteiger partial charge in [-0.25, -0.2) is 9.37 Å². The van der Waals surface area contributed by atoms with E-state index in [0.29, 0.717) is 27.6 Å². The monoisotopic (exact) mass is 467 g/mol. The summed E-state index contributed by atoms with van der Waals surface area (Å²) >= 11 is 7.27. The van der Waals surface area contributed by atoms with Crippen LogP contribution in [0, 0.1) is 5.82 Å². The molecule has 4 aromatic rings. The van der Waals surface area contributed by atoms with Gasteiger partial charge in [-0.3, -0.25) is 14.2 Å². The Morgan fingerprint density at radius 3 is 2.53 bits per heavy atom. The van der Waals surface area contributed by atoms with Gasteiger partial charge in [-0.1, -0.05) is 65.8 Å². The number of nitrogens with one attached hydrogen (secondary N) is 1. The van der Waals surface area contributed by atoms with Crippen molar-refractivity contribution in [2.24, 2.45) is 0 Å². The van der Waals surface area contributed by atoms with E-state index in [1.54, 1.807) is 34.9 Å². The van der Waals surface area contributed by atoms with Crippen LogP contribution in [0.1, 0.15) is 11.1 Å². The number of carbonyl (C=O) groups excluding carboxylic acids is 1. The zero-order valence-corrected chi connectivity index (χ0v) is 18.5. The van der Waals surface area contributed by atoms with Gasteiger partial charge in [0.1, 0.15) is 5.82 Å². The lowest BCUT2D eigenvalue weighted by atomic mass is 10.2. The third-order valence-electron chi connectivity index (χ3n) is 4.80. The molecule has 0 saturated carbocycles. The molecule has 0 aliphatic carbocycles. The summed E-state index contributed by atoms with van der Waals surface area (Å²) in [5, 5.41) is 4.19. The molecule has 0 atom stereocenters. The van der Waals surface area contributed by atoms with Gasteiger partial charge in [-0.2, -0.15) is 0 Å². The number of hydrogen-bond acceptors (Lipinski definition) is 4. The molecule has 1 heterocycles. The molecule has 0 fully saturated rings. The van der Waals surface area contributed by atoms with Crippen LogP contribution in [0.5, 0.6) is 0 Å². The van der Waals surface area contributed by atoms with E-state index in [0.717, 1.165) is 11.1 Å². The second kappa shape index (κ2) is 9.97. The second-order valence-electron chi connectivity index (χ2n) is 7.12. The van der Waals surface area contributed by atoms with Crippen molar-refractivity contribution in [2.45, 2.75) is 18.2 Å². The van der Waals surface area contributed by atoms with Gasteiger partial charge in [0.15, 0.2) is 5.16 Å². The zero-order chi connectivity index (χ0) is 22.5. The van der Waals surface area contributed by atoms with Gasteiger partial charge in [0.05, 0.1) is 23.2 Å². The molecule has 0 unspecified atom stereocenters. The summed E-state index contributed by atoms with van der Waals surface area (Å²) in [6.07, 6.45) is 0. The molecular formula is C24H19ClFN3O2S. The summed E-state index contributed by atoms with van der Waals surface area (Å²) < 4.78 is 14.6. The first-order valence-corrected chi connectivity index (χ1v) is 11.2. The summed E-state index contributed by atoms with van der Waals surface area (Å²) in [5.41, 5.74) is 2.04. The number of amides is 1. The summed E-state index contributed by atoms with van der Waals surface area (Å²) in [6, 6.07) is 20.5. The Morgan fingerprint density at radius 2 is 1.78 bits per heavy atom. The van der Waals surface area contributed by atoms with Crippen molar-refractivity contribution >= 4 is 40.2 Å². The van der Waals surface area contributed by atoms with Crippen molar-refractivity contribution in [3.63, 3.8) is 0 Å². The molecule has 4 rings (SSSR count). The maximum absolute atomic E-state index is 13.2. The molecule has 32 heavy (non-hydrogen) atoms. The van der Waals surface area contributed by atoms with E-state index in [2.05, 4.69) is 10.3 Å². The van der Waals surface area contributed by atoms with Crippen LogP contribution in [0.2, 0.25) is 5.02 Å². The average Bonchev–Trinajstić information content (AvgIpc) is 2.80. The lowest BCUT2D eigenvalue weighted by molar-refractivity contribution is -0.118. The van der Waals surface area contributed by atoms with Crippen molar-refractivity contribution in [1.29, 1.82) is 0 Å². The van der Waals surface area contributed by atoms with Crippen LogP contribution in [0.15, 0.2) is 82.7 Å². The van der Waals surface area contributed by atoms with Crippen molar-refractivity contribution in [3.8, 4) is 0 Å². The third kappa shape index (κ3) is 5.36. The maximum atomic E-state index is 13.2. The van der Waals surface area contributed by atoms with Crippen molar-refractivity contribution < 1.29 is 9.18 Å². The molecule has 0 radical (unpaired) electrons. The Bertz CT molecular complexity index is 1310. The lowest BCUT2D eigenvalue weighted by Gasteiger charge is -2.13. The number of nitrogens with zero attached hydrogens (tertiary/aromatic N) is 2. The van der Waals surface area contributed by atoms with Gasteiger partial charge in [0.25, 0.3) is 5.56 Å². The number of halogens is 2. The van der Waals surface area contributed by atoms with Crippen molar-refractivity contribution in [3.05, 3.63) is 105 Å². The Hall–Kier alpha value is -3.16. The number of fused-ring (bicyclic) bond motifs is 1. The largest absolute Gasteiger partial charge is 0.351 e. The van der Waals surface area contributed by atoms with E-state index in [1.165, 1.54) is 23.9 Å². The highest BCUT2D eigenvalue weighted by Crippen LogP contribution is 2.21. The molecule has 0 aliphatic heterocycles. The average molecular weight is 468 g/mol. The number of aromatic nitrogens is 2. The van der Waals surface area contributed by atoms with Crippen molar-refractivity contribution in [1.82, 2.24) is 14.9 Å². The molecule has 0 bridgehead atoms. The highest BCUT2D eigenvalue weighted by molar-refractivity contribution is 7.99. The minimum Gasteiger partial charge on any atom is -0.351 e. The first kappa shape index (κ1) is 22.0. The Kier molecular flexibility index (Phi) is 6.87. The Balaban J connectivity index is 1.55. The highest BCUT2D eigenvalue weighted by atomic mass is 35.5. The molecule has 5 nitrogen and oxygen atoms in total. The zero-order valence-electron chi connectivity index (χ0n) is 16.9. The molecular weight excluding hydrogens is 449 g/mol.